The van der Waals surface area contributed by atoms with Crippen molar-refractivity contribution in [2.75, 3.05) is 0 Å². The highest BCUT2D eigenvalue weighted by Gasteiger charge is 2.02. The fourth-order valence-corrected chi connectivity index (χ4v) is 3.04. The SMILES string of the molecule is CCCCCCCCCCCCCCC(Cl)CCC. The lowest BCUT2D eigenvalue weighted by molar-refractivity contribution is 0.533. The summed E-state index contributed by atoms with van der Waals surface area (Å²) in [4.78, 5) is 0. The van der Waals surface area contributed by atoms with Gasteiger partial charge in [0.2, 0.25) is 0 Å². The van der Waals surface area contributed by atoms with Gasteiger partial charge in [0.15, 0.2) is 0 Å². The first-order valence-electron chi connectivity index (χ1n) is 8.95. The average molecular weight is 289 g/mol. The molecule has 1 atom stereocenters. The predicted octanol–water partition coefficient (Wildman–Crippen LogP) is 7.49. The first-order valence-corrected chi connectivity index (χ1v) is 9.39. The Hall–Kier alpha value is 0.290. The highest BCUT2D eigenvalue weighted by molar-refractivity contribution is 6.20. The molecule has 0 aromatic carbocycles. The lowest BCUT2D eigenvalue weighted by atomic mass is 10.0. The van der Waals surface area contributed by atoms with Crippen molar-refractivity contribution in [2.45, 2.75) is 116 Å². The molecule has 0 rings (SSSR count). The summed E-state index contributed by atoms with van der Waals surface area (Å²) in [7, 11) is 0. The Kier molecular flexibility index (Phi) is 16.6. The molecule has 1 unspecified atom stereocenters. The number of hydrogen-bond donors (Lipinski definition) is 0. The number of hydrogen-bond acceptors (Lipinski definition) is 0. The van der Waals surface area contributed by atoms with Gasteiger partial charge in [0.25, 0.3) is 0 Å². The van der Waals surface area contributed by atoms with Crippen LogP contribution in [-0.2, 0) is 0 Å². The summed E-state index contributed by atoms with van der Waals surface area (Å²) < 4.78 is 0. The van der Waals surface area contributed by atoms with Crippen molar-refractivity contribution in [1.29, 1.82) is 0 Å². The van der Waals surface area contributed by atoms with E-state index < -0.39 is 0 Å². The number of alkyl halides is 1. The molecule has 0 spiro atoms. The zero-order valence-corrected chi connectivity index (χ0v) is 14.3. The van der Waals surface area contributed by atoms with Crippen molar-refractivity contribution in [3.05, 3.63) is 0 Å². The van der Waals surface area contributed by atoms with E-state index in [1.54, 1.807) is 0 Å². The molecule has 0 amide bonds. The highest BCUT2D eigenvalue weighted by atomic mass is 35.5. The van der Waals surface area contributed by atoms with Gasteiger partial charge in [0.05, 0.1) is 0 Å². The van der Waals surface area contributed by atoms with Crippen LogP contribution in [0.15, 0.2) is 0 Å². The molecule has 0 bridgehead atoms. The van der Waals surface area contributed by atoms with E-state index in [-0.39, 0.29) is 0 Å². The Morgan fingerprint density at radius 2 is 0.947 bits per heavy atom. The molecule has 0 fully saturated rings. The molecule has 0 radical (unpaired) electrons. The van der Waals surface area contributed by atoms with Gasteiger partial charge in [-0.15, -0.1) is 11.6 Å². The van der Waals surface area contributed by atoms with E-state index in [0.717, 1.165) is 0 Å². The summed E-state index contributed by atoms with van der Waals surface area (Å²) in [6, 6.07) is 0. The van der Waals surface area contributed by atoms with Gasteiger partial charge in [-0.2, -0.15) is 0 Å². The van der Waals surface area contributed by atoms with E-state index in [2.05, 4.69) is 13.8 Å². The monoisotopic (exact) mass is 288 g/mol. The second-order valence-electron chi connectivity index (χ2n) is 6.06. The molecule has 0 aliphatic rings. The number of unbranched alkanes of at least 4 members (excludes halogenated alkanes) is 11. The van der Waals surface area contributed by atoms with Crippen molar-refractivity contribution in [2.24, 2.45) is 0 Å². The van der Waals surface area contributed by atoms with Crippen LogP contribution >= 0.6 is 11.6 Å². The zero-order chi connectivity index (χ0) is 14.2. The van der Waals surface area contributed by atoms with Crippen LogP contribution in [0.2, 0.25) is 0 Å². The predicted molar refractivity (Wildman–Crippen MR) is 90.2 cm³/mol. The first kappa shape index (κ1) is 19.3. The van der Waals surface area contributed by atoms with Gasteiger partial charge in [-0.3, -0.25) is 0 Å². The van der Waals surface area contributed by atoms with Crippen LogP contribution in [0, 0.1) is 0 Å². The van der Waals surface area contributed by atoms with E-state index in [1.807, 2.05) is 0 Å². The summed E-state index contributed by atoms with van der Waals surface area (Å²) >= 11 is 6.21. The number of rotatable bonds is 15. The standard InChI is InChI=1S/C18H37Cl/c1-3-5-6-7-8-9-10-11-12-13-14-15-17-18(19)16-4-2/h18H,3-17H2,1-2H3. The van der Waals surface area contributed by atoms with Gasteiger partial charge in [-0.1, -0.05) is 97.3 Å². The Bertz CT molecular complexity index is 156. The summed E-state index contributed by atoms with van der Waals surface area (Å²) in [5, 5.41) is 0.438. The lowest BCUT2D eigenvalue weighted by Gasteiger charge is -2.07. The molecule has 0 saturated heterocycles. The van der Waals surface area contributed by atoms with Gasteiger partial charge in [-0.05, 0) is 12.8 Å². The minimum atomic E-state index is 0.438. The summed E-state index contributed by atoms with van der Waals surface area (Å²) in [5.74, 6) is 0. The van der Waals surface area contributed by atoms with Crippen LogP contribution in [0.4, 0.5) is 0 Å². The summed E-state index contributed by atoms with van der Waals surface area (Å²) in [6.07, 6.45) is 20.8. The molecule has 0 nitrogen and oxygen atoms in total. The maximum absolute atomic E-state index is 6.21. The molecule has 0 aliphatic heterocycles. The summed E-state index contributed by atoms with van der Waals surface area (Å²) in [5.41, 5.74) is 0. The average Bonchev–Trinajstić information content (AvgIpc) is 2.40. The molecule has 19 heavy (non-hydrogen) atoms. The Morgan fingerprint density at radius 1 is 0.526 bits per heavy atom. The van der Waals surface area contributed by atoms with E-state index in [4.69, 9.17) is 11.6 Å². The van der Waals surface area contributed by atoms with E-state index in [1.165, 1.54) is 96.3 Å². The lowest BCUT2D eigenvalue weighted by Crippen LogP contribution is -1.97. The quantitative estimate of drug-likeness (QED) is 0.216. The second-order valence-corrected chi connectivity index (χ2v) is 6.68. The van der Waals surface area contributed by atoms with E-state index >= 15 is 0 Å². The maximum atomic E-state index is 6.21. The fraction of sp³-hybridized carbons (Fsp3) is 1.00. The molecular formula is C18H37Cl. The largest absolute Gasteiger partial charge is 0.123 e. The fourth-order valence-electron chi connectivity index (χ4n) is 2.66. The van der Waals surface area contributed by atoms with Crippen molar-refractivity contribution in [3.63, 3.8) is 0 Å². The van der Waals surface area contributed by atoms with Crippen molar-refractivity contribution >= 4 is 11.6 Å². The maximum Gasteiger partial charge on any atom is 0.0336 e. The first-order chi connectivity index (χ1) is 9.31. The molecule has 0 saturated carbocycles. The molecule has 0 N–H and O–H groups in total. The molecule has 0 aromatic heterocycles. The Morgan fingerprint density at radius 3 is 1.37 bits per heavy atom. The minimum absolute atomic E-state index is 0.438. The van der Waals surface area contributed by atoms with Gasteiger partial charge < -0.3 is 0 Å². The number of halogens is 1. The minimum Gasteiger partial charge on any atom is -0.123 e. The topological polar surface area (TPSA) is 0 Å². The van der Waals surface area contributed by atoms with Crippen molar-refractivity contribution < 1.29 is 0 Å². The highest BCUT2D eigenvalue weighted by Crippen LogP contribution is 2.16. The van der Waals surface area contributed by atoms with Gasteiger partial charge in [0.1, 0.15) is 0 Å². The van der Waals surface area contributed by atoms with Crippen LogP contribution in [0.5, 0.6) is 0 Å². The van der Waals surface area contributed by atoms with E-state index in [0.29, 0.717) is 5.38 Å². The summed E-state index contributed by atoms with van der Waals surface area (Å²) in [6.45, 7) is 4.51. The smallest absolute Gasteiger partial charge is 0.0336 e. The third-order valence-corrected chi connectivity index (χ3v) is 4.41. The molecular weight excluding hydrogens is 252 g/mol. The van der Waals surface area contributed by atoms with Crippen molar-refractivity contribution in [1.82, 2.24) is 0 Å². The van der Waals surface area contributed by atoms with Gasteiger partial charge >= 0.3 is 0 Å². The normalized spacial score (nSPS) is 12.8. The Labute approximate surface area is 127 Å². The third-order valence-electron chi connectivity index (χ3n) is 3.97. The van der Waals surface area contributed by atoms with Crippen LogP contribution in [-0.4, -0.2) is 5.38 Å². The van der Waals surface area contributed by atoms with Crippen LogP contribution < -0.4 is 0 Å². The second kappa shape index (κ2) is 16.3. The molecule has 0 heterocycles. The van der Waals surface area contributed by atoms with Crippen LogP contribution in [0.25, 0.3) is 0 Å². The third kappa shape index (κ3) is 16.2. The molecule has 0 aromatic rings. The van der Waals surface area contributed by atoms with Gasteiger partial charge in [0, 0.05) is 5.38 Å². The van der Waals surface area contributed by atoms with E-state index in [9.17, 15) is 0 Å². The van der Waals surface area contributed by atoms with Gasteiger partial charge in [-0.25, -0.2) is 0 Å². The molecule has 116 valence electrons. The zero-order valence-electron chi connectivity index (χ0n) is 13.6. The molecule has 1 heteroatoms. The molecule has 0 aliphatic carbocycles. The van der Waals surface area contributed by atoms with Crippen LogP contribution in [0.1, 0.15) is 110 Å². The Balaban J connectivity index is 2.99. The van der Waals surface area contributed by atoms with Crippen LogP contribution in [0.3, 0.4) is 0 Å². The van der Waals surface area contributed by atoms with Crippen molar-refractivity contribution in [3.8, 4) is 0 Å².